The maximum atomic E-state index is 11.0. The van der Waals surface area contributed by atoms with Crippen LogP contribution in [0, 0.1) is 5.92 Å². The van der Waals surface area contributed by atoms with E-state index in [0.717, 1.165) is 24.6 Å². The minimum absolute atomic E-state index is 0.361. The Morgan fingerprint density at radius 1 is 1.41 bits per heavy atom. The molecule has 1 aliphatic carbocycles. The fourth-order valence-electron chi connectivity index (χ4n) is 1.99. The molecule has 1 fully saturated rings. The van der Waals surface area contributed by atoms with Crippen molar-refractivity contribution in [2.75, 3.05) is 6.54 Å². The number of rotatable bonds is 7. The van der Waals surface area contributed by atoms with E-state index in [2.05, 4.69) is 5.32 Å². The number of carbonyl (C=O) groups excluding carboxylic acids is 1. The summed E-state index contributed by atoms with van der Waals surface area (Å²) in [6, 6.07) is 7.50. The van der Waals surface area contributed by atoms with Crippen LogP contribution in [-0.2, 0) is 6.54 Å². The molecule has 92 valence electrons. The summed E-state index contributed by atoms with van der Waals surface area (Å²) >= 11 is 0. The van der Waals surface area contributed by atoms with Crippen LogP contribution < -0.4 is 11.1 Å². The van der Waals surface area contributed by atoms with Crippen LogP contribution in [0.4, 0.5) is 0 Å². The minimum atomic E-state index is -0.361. The monoisotopic (exact) mass is 232 g/mol. The Morgan fingerprint density at radius 3 is 2.94 bits per heavy atom. The summed E-state index contributed by atoms with van der Waals surface area (Å²) < 4.78 is 0. The summed E-state index contributed by atoms with van der Waals surface area (Å²) in [4.78, 5) is 11.0. The molecule has 0 aliphatic heterocycles. The average Bonchev–Trinajstić information content (AvgIpc) is 3.13. The van der Waals surface area contributed by atoms with Crippen molar-refractivity contribution in [1.29, 1.82) is 0 Å². The number of hydrogen-bond acceptors (Lipinski definition) is 2. The molecular weight excluding hydrogens is 212 g/mol. The van der Waals surface area contributed by atoms with E-state index in [-0.39, 0.29) is 5.91 Å². The SMILES string of the molecule is NC(=O)c1cccc(CNCCCC2CC2)c1. The first-order chi connectivity index (χ1) is 8.25. The zero-order valence-corrected chi connectivity index (χ0v) is 10.1. The van der Waals surface area contributed by atoms with Gasteiger partial charge in [-0.15, -0.1) is 0 Å². The lowest BCUT2D eigenvalue weighted by molar-refractivity contribution is 0.1000. The van der Waals surface area contributed by atoms with E-state index in [4.69, 9.17) is 5.73 Å². The molecule has 3 heteroatoms. The summed E-state index contributed by atoms with van der Waals surface area (Å²) in [6.07, 6.45) is 5.47. The van der Waals surface area contributed by atoms with Gasteiger partial charge in [0, 0.05) is 12.1 Å². The van der Waals surface area contributed by atoms with Crippen LogP contribution in [0.15, 0.2) is 24.3 Å². The van der Waals surface area contributed by atoms with Crippen molar-refractivity contribution >= 4 is 5.91 Å². The molecule has 1 aromatic carbocycles. The Morgan fingerprint density at radius 2 is 2.24 bits per heavy atom. The quantitative estimate of drug-likeness (QED) is 0.707. The first-order valence-corrected chi connectivity index (χ1v) is 6.35. The van der Waals surface area contributed by atoms with Crippen LogP contribution in [0.25, 0.3) is 0 Å². The number of nitrogens with two attached hydrogens (primary N) is 1. The first kappa shape index (κ1) is 12.1. The van der Waals surface area contributed by atoms with Crippen molar-refractivity contribution in [1.82, 2.24) is 5.32 Å². The fourth-order valence-corrected chi connectivity index (χ4v) is 1.99. The molecule has 1 aromatic rings. The third-order valence-electron chi connectivity index (χ3n) is 3.20. The van der Waals surface area contributed by atoms with E-state index in [9.17, 15) is 4.79 Å². The minimum Gasteiger partial charge on any atom is -0.366 e. The van der Waals surface area contributed by atoms with Gasteiger partial charge in [0.15, 0.2) is 0 Å². The van der Waals surface area contributed by atoms with Gasteiger partial charge in [-0.2, -0.15) is 0 Å². The van der Waals surface area contributed by atoms with E-state index in [1.165, 1.54) is 25.7 Å². The maximum absolute atomic E-state index is 11.0. The van der Waals surface area contributed by atoms with Gasteiger partial charge in [-0.3, -0.25) is 4.79 Å². The highest BCUT2D eigenvalue weighted by atomic mass is 16.1. The molecule has 1 aliphatic rings. The molecule has 0 aromatic heterocycles. The summed E-state index contributed by atoms with van der Waals surface area (Å²) in [5.41, 5.74) is 6.94. The lowest BCUT2D eigenvalue weighted by atomic mass is 10.1. The molecule has 1 saturated carbocycles. The van der Waals surface area contributed by atoms with Crippen molar-refractivity contribution in [2.45, 2.75) is 32.2 Å². The molecule has 0 atom stereocenters. The molecule has 2 rings (SSSR count). The largest absolute Gasteiger partial charge is 0.366 e. The van der Waals surface area contributed by atoms with Crippen molar-refractivity contribution < 1.29 is 4.79 Å². The second kappa shape index (κ2) is 5.82. The van der Waals surface area contributed by atoms with Gasteiger partial charge in [-0.25, -0.2) is 0 Å². The van der Waals surface area contributed by atoms with Gasteiger partial charge in [0.05, 0.1) is 0 Å². The Hall–Kier alpha value is -1.35. The number of nitrogens with one attached hydrogen (secondary N) is 1. The Labute approximate surface area is 102 Å². The Bertz CT molecular complexity index is 386. The van der Waals surface area contributed by atoms with Crippen LogP contribution in [0.2, 0.25) is 0 Å². The molecule has 0 radical (unpaired) electrons. The number of primary amides is 1. The van der Waals surface area contributed by atoms with Crippen molar-refractivity contribution in [3.8, 4) is 0 Å². The molecule has 3 nitrogen and oxygen atoms in total. The van der Waals surface area contributed by atoms with Gasteiger partial charge >= 0.3 is 0 Å². The standard InChI is InChI=1S/C14H20N2O/c15-14(17)13-5-1-3-12(9-13)10-16-8-2-4-11-6-7-11/h1,3,5,9,11,16H,2,4,6-8,10H2,(H2,15,17). The Kier molecular flexibility index (Phi) is 4.15. The highest BCUT2D eigenvalue weighted by molar-refractivity contribution is 5.92. The van der Waals surface area contributed by atoms with E-state index >= 15 is 0 Å². The summed E-state index contributed by atoms with van der Waals surface area (Å²) in [6.45, 7) is 1.86. The van der Waals surface area contributed by atoms with Gasteiger partial charge in [-0.05, 0) is 43.0 Å². The van der Waals surface area contributed by atoms with Crippen molar-refractivity contribution in [2.24, 2.45) is 11.7 Å². The van der Waals surface area contributed by atoms with Gasteiger partial charge < -0.3 is 11.1 Å². The highest BCUT2D eigenvalue weighted by Gasteiger charge is 2.19. The van der Waals surface area contributed by atoms with Crippen LogP contribution >= 0.6 is 0 Å². The van der Waals surface area contributed by atoms with Crippen LogP contribution in [-0.4, -0.2) is 12.5 Å². The van der Waals surface area contributed by atoms with Crippen LogP contribution in [0.1, 0.15) is 41.6 Å². The smallest absolute Gasteiger partial charge is 0.248 e. The van der Waals surface area contributed by atoms with E-state index in [1.807, 2.05) is 18.2 Å². The topological polar surface area (TPSA) is 55.1 Å². The normalized spacial score (nSPS) is 14.8. The van der Waals surface area contributed by atoms with Gasteiger partial charge in [0.25, 0.3) is 0 Å². The molecule has 1 amide bonds. The number of amides is 1. The fraction of sp³-hybridized carbons (Fsp3) is 0.500. The zero-order valence-electron chi connectivity index (χ0n) is 10.1. The number of benzene rings is 1. The average molecular weight is 232 g/mol. The molecule has 17 heavy (non-hydrogen) atoms. The van der Waals surface area contributed by atoms with Gasteiger partial charge in [0.1, 0.15) is 0 Å². The van der Waals surface area contributed by atoms with Gasteiger partial charge in [-0.1, -0.05) is 25.0 Å². The molecular formula is C14H20N2O. The third kappa shape index (κ3) is 4.19. The van der Waals surface area contributed by atoms with E-state index in [0.29, 0.717) is 5.56 Å². The highest BCUT2D eigenvalue weighted by Crippen LogP contribution is 2.33. The molecule has 0 unspecified atom stereocenters. The van der Waals surface area contributed by atoms with E-state index < -0.39 is 0 Å². The lowest BCUT2D eigenvalue weighted by Gasteiger charge is -2.05. The third-order valence-corrected chi connectivity index (χ3v) is 3.20. The zero-order chi connectivity index (χ0) is 12.1. The molecule has 0 heterocycles. The predicted octanol–water partition coefficient (Wildman–Crippen LogP) is 2.07. The number of carbonyl (C=O) groups is 1. The summed E-state index contributed by atoms with van der Waals surface area (Å²) in [5, 5.41) is 3.40. The second-order valence-corrected chi connectivity index (χ2v) is 4.83. The number of hydrogen-bond donors (Lipinski definition) is 2. The van der Waals surface area contributed by atoms with E-state index in [1.54, 1.807) is 6.07 Å². The van der Waals surface area contributed by atoms with Crippen LogP contribution in [0.3, 0.4) is 0 Å². The summed E-state index contributed by atoms with van der Waals surface area (Å²) in [7, 11) is 0. The predicted molar refractivity (Wildman–Crippen MR) is 68.6 cm³/mol. The lowest BCUT2D eigenvalue weighted by Crippen LogP contribution is -2.16. The Balaban J connectivity index is 1.70. The first-order valence-electron chi connectivity index (χ1n) is 6.35. The van der Waals surface area contributed by atoms with Gasteiger partial charge in [0.2, 0.25) is 5.91 Å². The molecule has 0 saturated heterocycles. The molecule has 3 N–H and O–H groups in total. The molecule has 0 spiro atoms. The second-order valence-electron chi connectivity index (χ2n) is 4.83. The maximum Gasteiger partial charge on any atom is 0.248 e. The molecule has 0 bridgehead atoms. The van der Waals surface area contributed by atoms with Crippen molar-refractivity contribution in [3.63, 3.8) is 0 Å². The van der Waals surface area contributed by atoms with Crippen molar-refractivity contribution in [3.05, 3.63) is 35.4 Å². The summed E-state index contributed by atoms with van der Waals surface area (Å²) in [5.74, 6) is 0.649. The van der Waals surface area contributed by atoms with Crippen LogP contribution in [0.5, 0.6) is 0 Å².